The Balaban J connectivity index is 2.83. The lowest BCUT2D eigenvalue weighted by atomic mass is 10.0. The van der Waals surface area contributed by atoms with Gasteiger partial charge in [-0.1, -0.05) is 19.9 Å². The van der Waals surface area contributed by atoms with Crippen LogP contribution in [0.15, 0.2) is 18.2 Å². The molecule has 0 aliphatic carbocycles. The van der Waals surface area contributed by atoms with Gasteiger partial charge in [-0.25, -0.2) is 4.98 Å². The van der Waals surface area contributed by atoms with Crippen LogP contribution >= 0.6 is 11.6 Å². The van der Waals surface area contributed by atoms with Crippen LogP contribution in [0.1, 0.15) is 26.0 Å². The van der Waals surface area contributed by atoms with Gasteiger partial charge >= 0.3 is 6.18 Å². The molecule has 1 heterocycles. The van der Waals surface area contributed by atoms with Gasteiger partial charge in [-0.15, -0.1) is 11.6 Å². The Morgan fingerprint density at radius 2 is 2.00 bits per heavy atom. The van der Waals surface area contributed by atoms with Gasteiger partial charge in [0.05, 0.1) is 0 Å². The maximum absolute atomic E-state index is 12.5. The fourth-order valence-corrected chi connectivity index (χ4v) is 1.79. The van der Waals surface area contributed by atoms with E-state index in [9.17, 15) is 13.2 Å². The van der Waals surface area contributed by atoms with E-state index in [2.05, 4.69) is 10.3 Å². The quantitative estimate of drug-likeness (QED) is 0.819. The number of nitrogens with one attached hydrogen (secondary N) is 1. The van der Waals surface area contributed by atoms with Gasteiger partial charge in [0.1, 0.15) is 11.5 Å². The fraction of sp³-hybridized carbons (Fsp3) is 0.583. The lowest BCUT2D eigenvalue weighted by molar-refractivity contribution is -0.141. The zero-order chi connectivity index (χ0) is 13.8. The van der Waals surface area contributed by atoms with Crippen LogP contribution in [-0.4, -0.2) is 16.9 Å². The molecule has 0 saturated carbocycles. The van der Waals surface area contributed by atoms with E-state index in [0.29, 0.717) is 12.3 Å². The molecule has 0 aliphatic heterocycles. The molecule has 0 bridgehead atoms. The van der Waals surface area contributed by atoms with Gasteiger partial charge in [-0.3, -0.25) is 0 Å². The molecular weight excluding hydrogens is 265 g/mol. The summed E-state index contributed by atoms with van der Waals surface area (Å²) >= 11 is 5.67. The lowest BCUT2D eigenvalue weighted by Crippen LogP contribution is -2.27. The molecule has 0 radical (unpaired) electrons. The molecule has 102 valence electrons. The number of pyridine rings is 1. The molecular formula is C12H16ClF3N2. The summed E-state index contributed by atoms with van der Waals surface area (Å²) in [6.45, 7) is 3.97. The second-order valence-electron chi connectivity index (χ2n) is 4.38. The maximum atomic E-state index is 12.5. The van der Waals surface area contributed by atoms with E-state index in [-0.39, 0.29) is 17.8 Å². The summed E-state index contributed by atoms with van der Waals surface area (Å²) in [5.74, 6) is 0.947. The van der Waals surface area contributed by atoms with Crippen molar-refractivity contribution in [3.05, 3.63) is 23.9 Å². The Morgan fingerprint density at radius 3 is 2.50 bits per heavy atom. The average Bonchev–Trinajstić information content (AvgIpc) is 2.27. The largest absolute Gasteiger partial charge is 0.433 e. The molecule has 0 fully saturated rings. The molecule has 18 heavy (non-hydrogen) atoms. The van der Waals surface area contributed by atoms with E-state index in [1.807, 2.05) is 13.8 Å². The van der Waals surface area contributed by atoms with E-state index in [4.69, 9.17) is 11.6 Å². The Bertz CT molecular complexity index is 380. The van der Waals surface area contributed by atoms with Crippen molar-refractivity contribution in [3.8, 4) is 0 Å². The third-order valence-electron chi connectivity index (χ3n) is 2.60. The summed E-state index contributed by atoms with van der Waals surface area (Å²) in [4.78, 5) is 3.57. The first-order valence-electron chi connectivity index (χ1n) is 5.71. The van der Waals surface area contributed by atoms with Crippen molar-refractivity contribution in [2.75, 3.05) is 11.2 Å². The minimum atomic E-state index is -4.42. The average molecular weight is 281 g/mol. The van der Waals surface area contributed by atoms with E-state index < -0.39 is 11.9 Å². The molecule has 1 N–H and O–H groups in total. The van der Waals surface area contributed by atoms with Crippen LogP contribution in [0.3, 0.4) is 0 Å². The number of aromatic nitrogens is 1. The summed E-state index contributed by atoms with van der Waals surface area (Å²) in [6, 6.07) is 3.84. The van der Waals surface area contributed by atoms with Crippen LogP contribution in [0.25, 0.3) is 0 Å². The summed E-state index contributed by atoms with van der Waals surface area (Å²) in [5.41, 5.74) is -0.888. The standard InChI is InChI=1S/C12H16ClF3N2/c1-8(2)9(6-7-13)17-11-5-3-4-10(18-11)12(14,15)16/h3-5,8-9H,6-7H2,1-2H3,(H,17,18). The van der Waals surface area contributed by atoms with Gasteiger partial charge in [0, 0.05) is 11.9 Å². The van der Waals surface area contributed by atoms with Crippen molar-refractivity contribution in [2.45, 2.75) is 32.5 Å². The predicted molar refractivity (Wildman–Crippen MR) is 66.8 cm³/mol. The van der Waals surface area contributed by atoms with Gasteiger partial charge in [0.25, 0.3) is 0 Å². The SMILES string of the molecule is CC(C)C(CCCl)Nc1cccc(C(F)(F)F)n1. The van der Waals surface area contributed by atoms with Gasteiger partial charge in [0.15, 0.2) is 0 Å². The fourth-order valence-electron chi connectivity index (χ4n) is 1.55. The highest BCUT2D eigenvalue weighted by Gasteiger charge is 2.32. The van der Waals surface area contributed by atoms with Crippen LogP contribution < -0.4 is 5.32 Å². The highest BCUT2D eigenvalue weighted by Crippen LogP contribution is 2.28. The summed E-state index contributed by atoms with van der Waals surface area (Å²) in [5, 5.41) is 3.00. The van der Waals surface area contributed by atoms with Gasteiger partial charge in [-0.05, 0) is 24.5 Å². The third kappa shape index (κ3) is 4.37. The third-order valence-corrected chi connectivity index (χ3v) is 2.82. The Kier molecular flexibility index (Phi) is 5.26. The first-order valence-corrected chi connectivity index (χ1v) is 6.24. The smallest absolute Gasteiger partial charge is 0.367 e. The number of alkyl halides is 4. The number of hydrogen-bond acceptors (Lipinski definition) is 2. The number of rotatable bonds is 5. The Morgan fingerprint density at radius 1 is 1.33 bits per heavy atom. The molecule has 1 atom stereocenters. The van der Waals surface area contributed by atoms with Gasteiger partial charge < -0.3 is 5.32 Å². The molecule has 0 saturated heterocycles. The van der Waals surface area contributed by atoms with Gasteiger partial charge in [0.2, 0.25) is 0 Å². The van der Waals surface area contributed by atoms with E-state index >= 15 is 0 Å². The number of anilines is 1. The normalized spacial score (nSPS) is 13.7. The van der Waals surface area contributed by atoms with Crippen LogP contribution in [0.2, 0.25) is 0 Å². The van der Waals surface area contributed by atoms with Crippen molar-refractivity contribution in [2.24, 2.45) is 5.92 Å². The van der Waals surface area contributed by atoms with Crippen LogP contribution in [0.5, 0.6) is 0 Å². The zero-order valence-electron chi connectivity index (χ0n) is 10.3. The molecule has 0 aliphatic rings. The molecule has 1 unspecified atom stereocenters. The molecule has 1 rings (SSSR count). The molecule has 2 nitrogen and oxygen atoms in total. The predicted octanol–water partition coefficient (Wildman–Crippen LogP) is 4.17. The van der Waals surface area contributed by atoms with Crippen molar-refractivity contribution in [3.63, 3.8) is 0 Å². The van der Waals surface area contributed by atoms with Crippen LogP contribution in [-0.2, 0) is 6.18 Å². The van der Waals surface area contributed by atoms with Gasteiger partial charge in [-0.2, -0.15) is 13.2 Å². The summed E-state index contributed by atoms with van der Waals surface area (Å²) in [7, 11) is 0. The highest BCUT2D eigenvalue weighted by atomic mass is 35.5. The Labute approximate surface area is 110 Å². The van der Waals surface area contributed by atoms with Crippen molar-refractivity contribution in [1.29, 1.82) is 0 Å². The second-order valence-corrected chi connectivity index (χ2v) is 4.76. The molecule has 1 aromatic heterocycles. The van der Waals surface area contributed by atoms with Crippen molar-refractivity contribution in [1.82, 2.24) is 4.98 Å². The summed E-state index contributed by atoms with van der Waals surface area (Å²) < 4.78 is 37.5. The number of nitrogens with zero attached hydrogens (tertiary/aromatic N) is 1. The first-order chi connectivity index (χ1) is 8.34. The minimum absolute atomic E-state index is 0.0125. The minimum Gasteiger partial charge on any atom is -0.367 e. The highest BCUT2D eigenvalue weighted by molar-refractivity contribution is 6.17. The first kappa shape index (κ1) is 15.1. The van der Waals surface area contributed by atoms with E-state index in [1.165, 1.54) is 12.1 Å². The number of halogens is 4. The summed E-state index contributed by atoms with van der Waals surface area (Å²) in [6.07, 6.45) is -3.74. The molecule has 0 amide bonds. The van der Waals surface area contributed by atoms with E-state index in [0.717, 1.165) is 6.07 Å². The molecule has 0 spiro atoms. The number of hydrogen-bond donors (Lipinski definition) is 1. The topological polar surface area (TPSA) is 24.9 Å². The van der Waals surface area contributed by atoms with Crippen LogP contribution in [0, 0.1) is 5.92 Å². The second kappa shape index (κ2) is 6.27. The monoisotopic (exact) mass is 280 g/mol. The van der Waals surface area contributed by atoms with Crippen molar-refractivity contribution < 1.29 is 13.2 Å². The molecule has 0 aromatic carbocycles. The molecule has 6 heteroatoms. The lowest BCUT2D eigenvalue weighted by Gasteiger charge is -2.22. The van der Waals surface area contributed by atoms with E-state index in [1.54, 1.807) is 0 Å². The molecule has 1 aromatic rings. The van der Waals surface area contributed by atoms with Crippen molar-refractivity contribution >= 4 is 17.4 Å². The van der Waals surface area contributed by atoms with Crippen LogP contribution in [0.4, 0.5) is 19.0 Å². The Hall–Kier alpha value is -0.970. The zero-order valence-corrected chi connectivity index (χ0v) is 11.0. The maximum Gasteiger partial charge on any atom is 0.433 e.